The van der Waals surface area contributed by atoms with Crippen molar-refractivity contribution in [1.82, 2.24) is 9.97 Å². The maximum absolute atomic E-state index is 11.7. The molecule has 1 aliphatic heterocycles. The predicted molar refractivity (Wildman–Crippen MR) is 65.8 cm³/mol. The van der Waals surface area contributed by atoms with Crippen molar-refractivity contribution in [2.75, 3.05) is 22.9 Å². The van der Waals surface area contributed by atoms with E-state index in [1.54, 1.807) is 4.90 Å². The summed E-state index contributed by atoms with van der Waals surface area (Å²) in [4.78, 5) is 21.0. The van der Waals surface area contributed by atoms with Gasteiger partial charge < -0.3 is 5.73 Å². The highest BCUT2D eigenvalue weighted by Crippen LogP contribution is 2.30. The summed E-state index contributed by atoms with van der Waals surface area (Å²) in [5.41, 5.74) is 5.99. The Morgan fingerprint density at radius 2 is 2.38 bits per heavy atom. The van der Waals surface area contributed by atoms with E-state index in [0.717, 1.165) is 0 Å². The number of rotatable bonds is 2. The summed E-state index contributed by atoms with van der Waals surface area (Å²) in [6, 6.07) is 0. The van der Waals surface area contributed by atoms with Crippen LogP contribution in [0.15, 0.2) is 6.33 Å². The van der Waals surface area contributed by atoms with Gasteiger partial charge in [0.1, 0.15) is 12.0 Å². The van der Waals surface area contributed by atoms with Crippen molar-refractivity contribution in [3.05, 3.63) is 11.5 Å². The number of amides is 1. The fraction of sp³-hybridized carbons (Fsp3) is 0.444. The number of anilines is 2. The summed E-state index contributed by atoms with van der Waals surface area (Å²) in [6.45, 7) is 0.583. The molecule has 0 radical (unpaired) electrons. The van der Waals surface area contributed by atoms with Gasteiger partial charge in [0.05, 0.1) is 0 Å². The van der Waals surface area contributed by atoms with Crippen LogP contribution in [0.4, 0.5) is 11.5 Å². The molecule has 16 heavy (non-hydrogen) atoms. The molecule has 86 valence electrons. The first-order chi connectivity index (χ1) is 7.63. The fourth-order valence-electron chi connectivity index (χ4n) is 1.69. The molecular weight excluding hydrogens is 248 g/mol. The summed E-state index contributed by atoms with van der Waals surface area (Å²) < 4.78 is 0. The average Bonchev–Trinajstić information content (AvgIpc) is 2.64. The SMILES string of the molecule is Nc1c(Cl)ncnc1N1CC(CS)CC1=O. The molecule has 1 aromatic rings. The standard InChI is InChI=1S/C9H11ClN4OS/c10-8-7(11)9(13-4-12-8)14-2-5(3-16)1-6(14)15/h4-5,16H,1-3,11H2. The van der Waals surface area contributed by atoms with Crippen molar-refractivity contribution in [2.45, 2.75) is 6.42 Å². The molecule has 2 rings (SSSR count). The number of nitrogens with zero attached hydrogens (tertiary/aromatic N) is 3. The highest BCUT2D eigenvalue weighted by molar-refractivity contribution is 7.80. The van der Waals surface area contributed by atoms with Crippen molar-refractivity contribution in [1.29, 1.82) is 0 Å². The number of hydrogen-bond donors (Lipinski definition) is 2. The molecule has 0 saturated carbocycles. The number of nitrogen functional groups attached to an aromatic ring is 1. The van der Waals surface area contributed by atoms with E-state index in [0.29, 0.717) is 24.5 Å². The zero-order chi connectivity index (χ0) is 11.7. The number of aromatic nitrogens is 2. The molecule has 2 heterocycles. The molecule has 7 heteroatoms. The van der Waals surface area contributed by atoms with Crippen LogP contribution in [0.25, 0.3) is 0 Å². The van der Waals surface area contributed by atoms with Crippen LogP contribution in [0.1, 0.15) is 6.42 Å². The van der Waals surface area contributed by atoms with Gasteiger partial charge >= 0.3 is 0 Å². The lowest BCUT2D eigenvalue weighted by atomic mass is 10.1. The maximum atomic E-state index is 11.7. The van der Waals surface area contributed by atoms with E-state index in [4.69, 9.17) is 17.3 Å². The van der Waals surface area contributed by atoms with Gasteiger partial charge in [-0.05, 0) is 11.7 Å². The maximum Gasteiger partial charge on any atom is 0.228 e. The summed E-state index contributed by atoms with van der Waals surface area (Å²) in [5, 5.41) is 0.173. The number of nitrogens with two attached hydrogens (primary N) is 1. The van der Waals surface area contributed by atoms with Gasteiger partial charge in [-0.25, -0.2) is 9.97 Å². The molecule has 0 aromatic carbocycles. The number of thiol groups is 1. The Morgan fingerprint density at radius 1 is 1.62 bits per heavy atom. The molecule has 1 aromatic heterocycles. The average molecular weight is 259 g/mol. The van der Waals surface area contributed by atoms with Gasteiger partial charge in [-0.15, -0.1) is 0 Å². The lowest BCUT2D eigenvalue weighted by Gasteiger charge is -2.17. The molecule has 1 aliphatic rings. The Bertz CT molecular complexity index is 428. The lowest BCUT2D eigenvalue weighted by Crippen LogP contribution is -2.27. The van der Waals surface area contributed by atoms with Crippen molar-refractivity contribution in [2.24, 2.45) is 5.92 Å². The Balaban J connectivity index is 2.31. The van der Waals surface area contributed by atoms with Crippen LogP contribution in [-0.4, -0.2) is 28.2 Å². The zero-order valence-electron chi connectivity index (χ0n) is 8.43. The zero-order valence-corrected chi connectivity index (χ0v) is 10.1. The Morgan fingerprint density at radius 3 is 3.00 bits per heavy atom. The quantitative estimate of drug-likeness (QED) is 0.613. The Hall–Kier alpha value is -1.01. The number of halogens is 1. The van der Waals surface area contributed by atoms with Crippen LogP contribution in [0.2, 0.25) is 5.15 Å². The molecule has 0 bridgehead atoms. The first-order valence-corrected chi connectivity index (χ1v) is 5.81. The van der Waals surface area contributed by atoms with E-state index >= 15 is 0 Å². The normalized spacial score (nSPS) is 20.5. The van der Waals surface area contributed by atoms with Gasteiger partial charge in [-0.1, -0.05) is 11.6 Å². The van der Waals surface area contributed by atoms with Crippen LogP contribution in [0, 0.1) is 5.92 Å². The van der Waals surface area contributed by atoms with Gasteiger partial charge in [0, 0.05) is 13.0 Å². The van der Waals surface area contributed by atoms with Gasteiger partial charge in [-0.3, -0.25) is 9.69 Å². The molecule has 1 amide bonds. The monoisotopic (exact) mass is 258 g/mol. The van der Waals surface area contributed by atoms with E-state index in [-0.39, 0.29) is 22.7 Å². The predicted octanol–water partition coefficient (Wildman–Crippen LogP) is 0.995. The van der Waals surface area contributed by atoms with Crippen LogP contribution in [-0.2, 0) is 4.79 Å². The number of carbonyl (C=O) groups excluding carboxylic acids is 1. The van der Waals surface area contributed by atoms with Crippen LogP contribution < -0.4 is 10.6 Å². The molecule has 5 nitrogen and oxygen atoms in total. The topological polar surface area (TPSA) is 72.1 Å². The Kier molecular flexibility index (Phi) is 3.20. The third kappa shape index (κ3) is 1.94. The van der Waals surface area contributed by atoms with Crippen LogP contribution in [0.5, 0.6) is 0 Å². The minimum Gasteiger partial charge on any atom is -0.393 e. The van der Waals surface area contributed by atoms with Gasteiger partial charge in [0.2, 0.25) is 5.91 Å². The summed E-state index contributed by atoms with van der Waals surface area (Å²) in [7, 11) is 0. The minimum absolute atomic E-state index is 0.000478. The highest BCUT2D eigenvalue weighted by atomic mass is 35.5. The summed E-state index contributed by atoms with van der Waals surface area (Å²) >= 11 is 9.97. The van der Waals surface area contributed by atoms with E-state index < -0.39 is 0 Å². The second-order valence-electron chi connectivity index (χ2n) is 3.66. The molecule has 1 unspecified atom stereocenters. The summed E-state index contributed by atoms with van der Waals surface area (Å²) in [6.07, 6.45) is 1.78. The van der Waals surface area contributed by atoms with Crippen molar-refractivity contribution in [3.8, 4) is 0 Å². The van der Waals surface area contributed by atoms with Gasteiger partial charge in [0.25, 0.3) is 0 Å². The van der Waals surface area contributed by atoms with Crippen LogP contribution >= 0.6 is 24.2 Å². The molecular formula is C9H11ClN4OS. The van der Waals surface area contributed by atoms with E-state index in [1.807, 2.05) is 0 Å². The van der Waals surface area contributed by atoms with Crippen LogP contribution in [0.3, 0.4) is 0 Å². The minimum atomic E-state index is 0.000478. The molecule has 1 fully saturated rings. The second-order valence-corrected chi connectivity index (χ2v) is 4.38. The van der Waals surface area contributed by atoms with E-state index in [1.165, 1.54) is 6.33 Å². The number of hydrogen-bond acceptors (Lipinski definition) is 5. The molecule has 1 atom stereocenters. The highest BCUT2D eigenvalue weighted by Gasteiger charge is 2.32. The number of carbonyl (C=O) groups is 1. The van der Waals surface area contributed by atoms with Gasteiger partial charge in [0.15, 0.2) is 11.0 Å². The van der Waals surface area contributed by atoms with Gasteiger partial charge in [-0.2, -0.15) is 12.6 Å². The van der Waals surface area contributed by atoms with Crippen molar-refractivity contribution >= 4 is 41.6 Å². The molecule has 1 saturated heterocycles. The van der Waals surface area contributed by atoms with E-state index in [2.05, 4.69) is 22.6 Å². The molecule has 0 spiro atoms. The first-order valence-electron chi connectivity index (χ1n) is 4.80. The smallest absolute Gasteiger partial charge is 0.228 e. The summed E-state index contributed by atoms with van der Waals surface area (Å²) in [5.74, 6) is 1.31. The lowest BCUT2D eigenvalue weighted by molar-refractivity contribution is -0.117. The Labute approximate surface area is 103 Å². The third-order valence-corrected chi connectivity index (χ3v) is 3.35. The van der Waals surface area contributed by atoms with Crippen molar-refractivity contribution in [3.63, 3.8) is 0 Å². The van der Waals surface area contributed by atoms with Crippen molar-refractivity contribution < 1.29 is 4.79 Å². The molecule has 0 aliphatic carbocycles. The molecule has 2 N–H and O–H groups in total. The fourth-order valence-corrected chi connectivity index (χ4v) is 2.06. The largest absolute Gasteiger partial charge is 0.393 e. The first kappa shape index (κ1) is 11.5. The second kappa shape index (κ2) is 4.47. The third-order valence-electron chi connectivity index (χ3n) is 2.53. The van der Waals surface area contributed by atoms with E-state index in [9.17, 15) is 4.79 Å².